The van der Waals surface area contributed by atoms with Crippen molar-refractivity contribution in [1.82, 2.24) is 19.8 Å². The van der Waals surface area contributed by atoms with E-state index in [4.69, 9.17) is 26.8 Å². The molecule has 0 saturated carbocycles. The Morgan fingerprint density at radius 1 is 1.00 bits per heavy atom. The van der Waals surface area contributed by atoms with Gasteiger partial charge in [0.15, 0.2) is 0 Å². The monoisotopic (exact) mass is 608 g/mol. The topological polar surface area (TPSA) is 130 Å². The number of rotatable bonds is 9. The summed E-state index contributed by atoms with van der Waals surface area (Å²) < 4.78 is 52.4. The Balaban J connectivity index is 1.47. The van der Waals surface area contributed by atoms with Crippen LogP contribution < -0.4 is 31.2 Å². The number of methoxy groups -OCH3 is 2. The van der Waals surface area contributed by atoms with Gasteiger partial charge >= 0.3 is 12.2 Å². The Morgan fingerprint density at radius 2 is 1.67 bits per heavy atom. The van der Waals surface area contributed by atoms with Crippen LogP contribution in [0.4, 0.5) is 46.7 Å². The predicted molar refractivity (Wildman–Crippen MR) is 156 cm³/mol. The summed E-state index contributed by atoms with van der Waals surface area (Å²) in [6, 6.07) is 6.20. The molecule has 11 nitrogen and oxygen atoms in total. The van der Waals surface area contributed by atoms with Crippen LogP contribution in [0, 0.1) is 0 Å². The minimum atomic E-state index is -4.54. The van der Waals surface area contributed by atoms with Crippen molar-refractivity contribution in [2.24, 2.45) is 0 Å². The molecule has 15 heteroatoms. The van der Waals surface area contributed by atoms with E-state index in [0.717, 1.165) is 32.0 Å². The van der Waals surface area contributed by atoms with Crippen molar-refractivity contribution in [2.45, 2.75) is 19.6 Å². The number of hydrogen-bond donors (Lipinski definition) is 4. The number of benzene rings is 2. The van der Waals surface area contributed by atoms with Crippen molar-refractivity contribution < 1.29 is 27.4 Å². The molecule has 4 rings (SSSR count). The van der Waals surface area contributed by atoms with Gasteiger partial charge in [-0.05, 0) is 24.2 Å². The second-order valence-corrected chi connectivity index (χ2v) is 9.83. The zero-order chi connectivity index (χ0) is 30.4. The number of nitrogens with two attached hydrogens (primary N) is 1. The van der Waals surface area contributed by atoms with Crippen molar-refractivity contribution in [3.63, 3.8) is 0 Å². The van der Waals surface area contributed by atoms with Crippen LogP contribution >= 0.6 is 11.6 Å². The van der Waals surface area contributed by atoms with Gasteiger partial charge in [-0.15, -0.1) is 0 Å². The molecule has 2 aromatic carbocycles. The van der Waals surface area contributed by atoms with Crippen LogP contribution in [0.1, 0.15) is 18.1 Å². The fraction of sp³-hybridized carbons (Fsp3) is 0.370. The highest BCUT2D eigenvalue weighted by Crippen LogP contribution is 2.43. The number of carbonyl (C=O) groups is 1. The summed E-state index contributed by atoms with van der Waals surface area (Å²) in [7, 11) is 2.80. The second-order valence-electron chi connectivity index (χ2n) is 9.46. The average Bonchev–Trinajstić information content (AvgIpc) is 2.96. The highest BCUT2D eigenvalue weighted by atomic mass is 35.5. The van der Waals surface area contributed by atoms with Gasteiger partial charge in [0.05, 0.1) is 31.2 Å². The number of hydrogen-bond acceptors (Lipinski definition) is 9. The minimum absolute atomic E-state index is 0.0585. The molecular formula is C27H32ClF3N8O3. The maximum absolute atomic E-state index is 14.0. The van der Waals surface area contributed by atoms with Crippen LogP contribution in [0.5, 0.6) is 11.5 Å². The summed E-state index contributed by atoms with van der Waals surface area (Å²) in [5, 5.41) is 7.97. The lowest BCUT2D eigenvalue weighted by Crippen LogP contribution is -2.45. The van der Waals surface area contributed by atoms with Gasteiger partial charge in [-0.2, -0.15) is 13.2 Å². The number of halogens is 4. The Morgan fingerprint density at radius 3 is 2.31 bits per heavy atom. The maximum Gasteiger partial charge on any atom is 0.416 e. The number of nitrogen functional groups attached to an aromatic ring is 1. The third kappa shape index (κ3) is 7.43. The lowest BCUT2D eigenvalue weighted by atomic mass is 10.0. The van der Waals surface area contributed by atoms with E-state index in [-0.39, 0.29) is 57.3 Å². The third-order valence-corrected chi connectivity index (χ3v) is 7.19. The Bertz CT molecular complexity index is 1390. The van der Waals surface area contributed by atoms with Gasteiger partial charge in [0, 0.05) is 50.5 Å². The Hall–Kier alpha value is -4.01. The predicted octanol–water partition coefficient (Wildman–Crippen LogP) is 5.27. The molecule has 0 atom stereocenters. The van der Waals surface area contributed by atoms with E-state index >= 15 is 0 Å². The van der Waals surface area contributed by atoms with Crippen LogP contribution in [-0.2, 0) is 12.7 Å². The number of nitrogens with one attached hydrogen (secondary N) is 3. The fourth-order valence-electron chi connectivity index (χ4n) is 4.53. The van der Waals surface area contributed by atoms with Gasteiger partial charge < -0.3 is 30.7 Å². The van der Waals surface area contributed by atoms with Crippen LogP contribution in [0.15, 0.2) is 36.7 Å². The minimum Gasteiger partial charge on any atom is -0.495 e. The van der Waals surface area contributed by atoms with Gasteiger partial charge in [-0.3, -0.25) is 10.2 Å². The summed E-state index contributed by atoms with van der Waals surface area (Å²) in [6.45, 7) is 6.27. The number of alkyl halides is 3. The molecule has 2 heterocycles. The van der Waals surface area contributed by atoms with Crippen LogP contribution in [-0.4, -0.2) is 72.7 Å². The summed E-state index contributed by atoms with van der Waals surface area (Å²) in [5.74, 6) is 0.698. The Labute approximate surface area is 246 Å². The summed E-state index contributed by atoms with van der Waals surface area (Å²) in [6.07, 6.45) is -3.39. The van der Waals surface area contributed by atoms with Crippen molar-refractivity contribution in [1.29, 1.82) is 0 Å². The lowest BCUT2D eigenvalue weighted by Gasteiger charge is -2.34. The first-order valence-electron chi connectivity index (χ1n) is 13.0. The van der Waals surface area contributed by atoms with E-state index in [1.807, 2.05) is 4.90 Å². The highest BCUT2D eigenvalue weighted by molar-refractivity contribution is 6.36. The number of anilines is 5. The van der Waals surface area contributed by atoms with E-state index in [0.29, 0.717) is 13.1 Å². The van der Waals surface area contributed by atoms with Crippen LogP contribution in [0.2, 0.25) is 5.02 Å². The molecule has 226 valence electrons. The first-order valence-corrected chi connectivity index (χ1v) is 13.4. The molecule has 42 heavy (non-hydrogen) atoms. The van der Waals surface area contributed by atoms with E-state index in [9.17, 15) is 18.0 Å². The number of ether oxygens (including phenoxy) is 2. The molecule has 5 N–H and O–H groups in total. The first kappa shape index (κ1) is 30.9. The van der Waals surface area contributed by atoms with E-state index in [1.165, 1.54) is 32.4 Å². The SMILES string of the molecule is CCN1CCN(Cc2ccc(Nc3cc(NC(=O)Nc4c(N)c(OC)cc(OC)c4Cl)ncn3)cc2C(F)(F)F)CC1. The van der Waals surface area contributed by atoms with E-state index in [1.54, 1.807) is 6.07 Å². The van der Waals surface area contributed by atoms with Gasteiger partial charge in [0.25, 0.3) is 0 Å². The summed E-state index contributed by atoms with van der Waals surface area (Å²) in [5.41, 5.74) is 5.86. The molecule has 1 aliphatic heterocycles. The number of aromatic nitrogens is 2. The van der Waals surface area contributed by atoms with Crippen molar-refractivity contribution in [2.75, 3.05) is 68.6 Å². The second kappa shape index (κ2) is 13.3. The molecule has 1 fully saturated rings. The van der Waals surface area contributed by atoms with Crippen LogP contribution in [0.3, 0.4) is 0 Å². The van der Waals surface area contributed by atoms with E-state index in [2.05, 4.69) is 37.7 Å². The maximum atomic E-state index is 14.0. The largest absolute Gasteiger partial charge is 0.495 e. The van der Waals surface area contributed by atoms with E-state index < -0.39 is 17.8 Å². The van der Waals surface area contributed by atoms with Gasteiger partial charge in [-0.1, -0.05) is 24.6 Å². The fourth-order valence-corrected chi connectivity index (χ4v) is 4.81. The highest BCUT2D eigenvalue weighted by Gasteiger charge is 2.34. The molecule has 1 saturated heterocycles. The zero-order valence-corrected chi connectivity index (χ0v) is 24.1. The van der Waals surface area contributed by atoms with Gasteiger partial charge in [0.1, 0.15) is 34.5 Å². The van der Waals surface area contributed by atoms with Crippen molar-refractivity contribution in [3.8, 4) is 11.5 Å². The van der Waals surface area contributed by atoms with Crippen molar-refractivity contribution >= 4 is 46.3 Å². The third-order valence-electron chi connectivity index (χ3n) is 6.81. The number of likely N-dealkylation sites (N-methyl/N-ethyl adjacent to an activating group) is 1. The summed E-state index contributed by atoms with van der Waals surface area (Å²) >= 11 is 6.30. The quantitative estimate of drug-likeness (QED) is 0.240. The average molecular weight is 609 g/mol. The number of urea groups is 1. The molecule has 0 aliphatic carbocycles. The number of nitrogens with zero attached hydrogens (tertiary/aromatic N) is 4. The zero-order valence-electron chi connectivity index (χ0n) is 23.3. The normalized spacial score (nSPS) is 14.4. The summed E-state index contributed by atoms with van der Waals surface area (Å²) in [4.78, 5) is 25.1. The molecule has 0 radical (unpaired) electrons. The number of amides is 2. The smallest absolute Gasteiger partial charge is 0.416 e. The number of carbonyl (C=O) groups excluding carboxylic acids is 1. The molecule has 0 unspecified atom stereocenters. The molecule has 1 aromatic heterocycles. The molecule has 2 amide bonds. The lowest BCUT2D eigenvalue weighted by molar-refractivity contribution is -0.138. The molecule has 0 bridgehead atoms. The molecule has 1 aliphatic rings. The van der Waals surface area contributed by atoms with Crippen LogP contribution in [0.25, 0.3) is 0 Å². The Kier molecular flexibility index (Phi) is 9.81. The molecule has 3 aromatic rings. The molecular weight excluding hydrogens is 577 g/mol. The number of piperazine rings is 1. The standard InChI is InChI=1S/C27H32ClF3N8O3/c1-4-38-7-9-39(10-8-38)14-16-5-6-17(11-18(16)27(29,30)31)35-21-13-22(34-15-33-21)36-26(40)37-25-23(28)19(41-2)12-20(42-3)24(25)32/h5-6,11-13,15H,4,7-10,14,32H2,1-3H3,(H3,33,34,35,36,37,40). The first-order chi connectivity index (χ1) is 20.0. The van der Waals surface area contributed by atoms with Crippen molar-refractivity contribution in [3.05, 3.63) is 52.8 Å². The van der Waals surface area contributed by atoms with Gasteiger partial charge in [-0.25, -0.2) is 14.8 Å². The van der Waals surface area contributed by atoms with Gasteiger partial charge in [0.2, 0.25) is 0 Å². The molecule has 0 spiro atoms.